The van der Waals surface area contributed by atoms with Gasteiger partial charge in [-0.25, -0.2) is 0 Å². The Balaban J connectivity index is 1.55. The second-order valence-electron chi connectivity index (χ2n) is 9.88. The van der Waals surface area contributed by atoms with Crippen LogP contribution in [-0.2, 0) is 4.79 Å². The zero-order valence-electron chi connectivity index (χ0n) is 14.5. The molecule has 0 aromatic carbocycles. The highest BCUT2D eigenvalue weighted by Crippen LogP contribution is 2.69. The monoisotopic (exact) mass is 304 g/mol. The highest BCUT2D eigenvalue weighted by molar-refractivity contribution is 5.83. The molecule has 1 amide bonds. The Morgan fingerprint density at radius 3 is 2.36 bits per heavy atom. The van der Waals surface area contributed by atoms with Gasteiger partial charge in [0.15, 0.2) is 0 Å². The number of nitrogens with one attached hydrogen (secondary N) is 2. The van der Waals surface area contributed by atoms with Crippen LogP contribution in [0.4, 0.5) is 0 Å². The van der Waals surface area contributed by atoms with Gasteiger partial charge >= 0.3 is 0 Å². The number of hydrogen-bond donors (Lipinski definition) is 2. The van der Waals surface area contributed by atoms with Crippen molar-refractivity contribution in [2.45, 2.75) is 84.2 Å². The lowest BCUT2D eigenvalue weighted by atomic mass is 9.40. The predicted molar refractivity (Wildman–Crippen MR) is 88.5 cm³/mol. The topological polar surface area (TPSA) is 41.1 Å². The highest BCUT2D eigenvalue weighted by atomic mass is 16.2. The zero-order valence-corrected chi connectivity index (χ0v) is 14.5. The van der Waals surface area contributed by atoms with Crippen molar-refractivity contribution in [3.63, 3.8) is 0 Å². The number of piperidine rings is 1. The molecule has 124 valence electrons. The fourth-order valence-corrected chi connectivity index (χ4v) is 7.26. The molecule has 4 saturated carbocycles. The molecule has 4 atom stereocenters. The minimum absolute atomic E-state index is 0.0555. The minimum Gasteiger partial charge on any atom is -0.351 e. The molecule has 4 unspecified atom stereocenters. The van der Waals surface area contributed by atoms with Crippen LogP contribution in [-0.4, -0.2) is 24.5 Å². The molecule has 0 aromatic heterocycles. The zero-order chi connectivity index (χ0) is 15.6. The number of carbonyl (C=O) groups is 1. The average molecular weight is 304 g/mol. The molecule has 4 bridgehead atoms. The fourth-order valence-electron chi connectivity index (χ4n) is 7.26. The molecule has 1 heterocycles. The SMILES string of the molecule is CC1NCCCC1NC(=O)C12CC3CC(C)(CC(C)(C3)C1)C2. The number of amides is 1. The van der Waals surface area contributed by atoms with Crippen LogP contribution in [0.25, 0.3) is 0 Å². The van der Waals surface area contributed by atoms with Gasteiger partial charge in [0.25, 0.3) is 0 Å². The number of carbonyl (C=O) groups excluding carboxylic acids is 1. The largest absolute Gasteiger partial charge is 0.351 e. The van der Waals surface area contributed by atoms with E-state index in [1.807, 2.05) is 0 Å². The summed E-state index contributed by atoms with van der Waals surface area (Å²) < 4.78 is 0. The Kier molecular flexibility index (Phi) is 3.21. The third kappa shape index (κ3) is 2.31. The van der Waals surface area contributed by atoms with Gasteiger partial charge in [0.2, 0.25) is 5.91 Å². The number of hydrogen-bond acceptors (Lipinski definition) is 2. The maximum atomic E-state index is 13.3. The first-order valence-electron chi connectivity index (χ1n) is 9.36. The van der Waals surface area contributed by atoms with Crippen molar-refractivity contribution >= 4 is 5.91 Å². The lowest BCUT2D eigenvalue weighted by Crippen LogP contribution is -2.62. The van der Waals surface area contributed by atoms with Crippen LogP contribution >= 0.6 is 0 Å². The van der Waals surface area contributed by atoms with Gasteiger partial charge in [-0.3, -0.25) is 4.79 Å². The maximum Gasteiger partial charge on any atom is 0.226 e. The van der Waals surface area contributed by atoms with Crippen molar-refractivity contribution < 1.29 is 4.79 Å². The van der Waals surface area contributed by atoms with Crippen LogP contribution in [0.15, 0.2) is 0 Å². The third-order valence-electron chi connectivity index (χ3n) is 7.19. The quantitative estimate of drug-likeness (QED) is 0.822. The minimum atomic E-state index is -0.0555. The maximum absolute atomic E-state index is 13.3. The molecule has 0 radical (unpaired) electrons. The summed E-state index contributed by atoms with van der Waals surface area (Å²) >= 11 is 0. The summed E-state index contributed by atoms with van der Waals surface area (Å²) in [6.45, 7) is 8.20. The average Bonchev–Trinajstić information content (AvgIpc) is 2.37. The summed E-state index contributed by atoms with van der Waals surface area (Å²) in [7, 11) is 0. The van der Waals surface area contributed by atoms with Crippen molar-refractivity contribution in [2.75, 3.05) is 6.54 Å². The summed E-state index contributed by atoms with van der Waals surface area (Å²) in [6, 6.07) is 0.743. The van der Waals surface area contributed by atoms with E-state index in [0.29, 0.717) is 28.8 Å². The molecular weight excluding hydrogens is 272 g/mol. The molecule has 0 spiro atoms. The molecule has 1 saturated heterocycles. The molecular formula is C19H32N2O. The molecule has 5 fully saturated rings. The van der Waals surface area contributed by atoms with E-state index in [2.05, 4.69) is 31.4 Å². The van der Waals surface area contributed by atoms with Crippen LogP contribution in [0.1, 0.15) is 72.1 Å². The van der Waals surface area contributed by atoms with Gasteiger partial charge in [-0.15, -0.1) is 0 Å². The molecule has 4 aliphatic carbocycles. The molecule has 0 aromatic rings. The normalized spacial score (nSPS) is 53.5. The second-order valence-corrected chi connectivity index (χ2v) is 9.88. The van der Waals surface area contributed by atoms with Gasteiger partial charge in [0.1, 0.15) is 0 Å². The Hall–Kier alpha value is -0.570. The van der Waals surface area contributed by atoms with Crippen LogP contribution in [0.3, 0.4) is 0 Å². The first kappa shape index (κ1) is 15.0. The van der Waals surface area contributed by atoms with Crippen molar-refractivity contribution in [1.82, 2.24) is 10.6 Å². The van der Waals surface area contributed by atoms with Crippen molar-refractivity contribution in [3.8, 4) is 0 Å². The fraction of sp³-hybridized carbons (Fsp3) is 0.947. The van der Waals surface area contributed by atoms with Crippen molar-refractivity contribution in [1.29, 1.82) is 0 Å². The van der Waals surface area contributed by atoms with Gasteiger partial charge in [-0.2, -0.15) is 0 Å². The van der Waals surface area contributed by atoms with E-state index in [1.54, 1.807) is 0 Å². The van der Waals surface area contributed by atoms with E-state index in [-0.39, 0.29) is 5.41 Å². The first-order valence-corrected chi connectivity index (χ1v) is 9.36. The van der Waals surface area contributed by atoms with Crippen LogP contribution in [0, 0.1) is 22.2 Å². The van der Waals surface area contributed by atoms with Crippen LogP contribution in [0.2, 0.25) is 0 Å². The van der Waals surface area contributed by atoms with E-state index < -0.39 is 0 Å². The Bertz CT molecular complexity index is 470. The van der Waals surface area contributed by atoms with Crippen LogP contribution in [0.5, 0.6) is 0 Å². The summed E-state index contributed by atoms with van der Waals surface area (Å²) in [5.41, 5.74) is 0.782. The van der Waals surface area contributed by atoms with Gasteiger partial charge in [-0.05, 0) is 81.6 Å². The summed E-state index contributed by atoms with van der Waals surface area (Å²) in [5, 5.41) is 6.97. The van der Waals surface area contributed by atoms with E-state index in [0.717, 1.165) is 38.1 Å². The third-order valence-corrected chi connectivity index (χ3v) is 7.19. The molecule has 1 aliphatic heterocycles. The van der Waals surface area contributed by atoms with Gasteiger partial charge in [0.05, 0.1) is 5.41 Å². The molecule has 3 nitrogen and oxygen atoms in total. The Morgan fingerprint density at radius 2 is 1.77 bits per heavy atom. The van der Waals surface area contributed by atoms with E-state index >= 15 is 0 Å². The Morgan fingerprint density at radius 1 is 1.09 bits per heavy atom. The van der Waals surface area contributed by atoms with E-state index in [1.165, 1.54) is 25.7 Å². The van der Waals surface area contributed by atoms with Gasteiger partial charge in [-0.1, -0.05) is 13.8 Å². The molecule has 2 N–H and O–H groups in total. The van der Waals surface area contributed by atoms with Gasteiger partial charge in [0, 0.05) is 12.1 Å². The lowest BCUT2D eigenvalue weighted by Gasteiger charge is -2.64. The van der Waals surface area contributed by atoms with E-state index in [4.69, 9.17) is 0 Å². The number of rotatable bonds is 2. The molecule has 5 aliphatic rings. The summed E-state index contributed by atoms with van der Waals surface area (Å²) in [4.78, 5) is 13.3. The van der Waals surface area contributed by atoms with Crippen molar-refractivity contribution in [2.24, 2.45) is 22.2 Å². The first-order chi connectivity index (χ1) is 10.3. The van der Waals surface area contributed by atoms with E-state index in [9.17, 15) is 4.79 Å². The molecule has 5 rings (SSSR count). The Labute approximate surface area is 135 Å². The molecule has 3 heteroatoms. The summed E-state index contributed by atoms with van der Waals surface area (Å²) in [6.07, 6.45) is 9.79. The highest BCUT2D eigenvalue weighted by Gasteiger charge is 2.62. The van der Waals surface area contributed by atoms with Gasteiger partial charge < -0.3 is 10.6 Å². The second kappa shape index (κ2) is 4.72. The summed E-state index contributed by atoms with van der Waals surface area (Å²) in [5.74, 6) is 1.17. The van der Waals surface area contributed by atoms with Crippen LogP contribution < -0.4 is 10.6 Å². The lowest BCUT2D eigenvalue weighted by molar-refractivity contribution is -0.171. The predicted octanol–water partition coefficient (Wildman–Crippen LogP) is 3.24. The molecule has 22 heavy (non-hydrogen) atoms. The van der Waals surface area contributed by atoms with Crippen molar-refractivity contribution in [3.05, 3.63) is 0 Å². The standard InChI is InChI=1S/C19H32N2O/c1-13-15(5-4-6-20-13)21-16(22)19-9-14-7-17(2,11-19)10-18(3,8-14)12-19/h13-15,20H,4-12H2,1-3H3,(H,21,22). The smallest absolute Gasteiger partial charge is 0.226 e.